The number of unbranched alkanes of at least 4 members (excludes halogenated alkanes) is 4. The van der Waals surface area contributed by atoms with Crippen molar-refractivity contribution >= 4 is 0 Å². The molecule has 0 bridgehead atoms. The number of rotatable bonds is 8. The summed E-state index contributed by atoms with van der Waals surface area (Å²) in [4.78, 5) is 0. The summed E-state index contributed by atoms with van der Waals surface area (Å²) in [6.07, 6.45) is 11.5. The molecule has 1 heteroatoms. The second kappa shape index (κ2) is 6.24. The Kier molecular flexibility index (Phi) is 5.09. The topological polar surface area (TPSA) is 12.0 Å². The molecule has 0 unspecified atom stereocenters. The molecule has 0 radical (unpaired) electrons. The third kappa shape index (κ3) is 5.36. The Bertz CT molecular complexity index is 116. The second-order valence-corrected chi connectivity index (χ2v) is 3.72. The van der Waals surface area contributed by atoms with Crippen LogP contribution in [0.5, 0.6) is 0 Å². The minimum Gasteiger partial charge on any atom is -0.314 e. The quantitative estimate of drug-likeness (QED) is 0.433. The molecule has 0 spiro atoms. The predicted molar refractivity (Wildman–Crippen MR) is 54.3 cm³/mol. The Morgan fingerprint density at radius 1 is 1.17 bits per heavy atom. The van der Waals surface area contributed by atoms with Crippen LogP contribution < -0.4 is 5.32 Å². The fraction of sp³-hybridized carbons (Fsp3) is 0.818. The van der Waals surface area contributed by atoms with Crippen molar-refractivity contribution in [2.45, 2.75) is 51.0 Å². The lowest BCUT2D eigenvalue weighted by molar-refractivity contribution is 0.588. The zero-order chi connectivity index (χ0) is 8.65. The van der Waals surface area contributed by atoms with Gasteiger partial charge in [-0.25, -0.2) is 0 Å². The Labute approximate surface area is 76.2 Å². The van der Waals surface area contributed by atoms with Crippen LogP contribution in [-0.4, -0.2) is 12.6 Å². The highest BCUT2D eigenvalue weighted by Crippen LogP contribution is 2.18. The van der Waals surface area contributed by atoms with Crippen LogP contribution in [-0.2, 0) is 0 Å². The van der Waals surface area contributed by atoms with Crippen molar-refractivity contribution < 1.29 is 0 Å². The molecule has 1 aliphatic carbocycles. The summed E-state index contributed by atoms with van der Waals surface area (Å²) in [5.74, 6) is 0. The molecule has 0 atom stereocenters. The van der Waals surface area contributed by atoms with Gasteiger partial charge in [0.2, 0.25) is 0 Å². The van der Waals surface area contributed by atoms with E-state index in [0.29, 0.717) is 0 Å². The van der Waals surface area contributed by atoms with Crippen molar-refractivity contribution in [2.24, 2.45) is 0 Å². The van der Waals surface area contributed by atoms with Gasteiger partial charge in [-0.05, 0) is 38.6 Å². The van der Waals surface area contributed by atoms with Gasteiger partial charge in [0.05, 0.1) is 0 Å². The maximum absolute atomic E-state index is 3.71. The molecule has 12 heavy (non-hydrogen) atoms. The van der Waals surface area contributed by atoms with Crippen LogP contribution >= 0.6 is 0 Å². The van der Waals surface area contributed by atoms with Gasteiger partial charge >= 0.3 is 0 Å². The predicted octanol–water partition coefficient (Wildman–Crippen LogP) is 2.87. The van der Waals surface area contributed by atoms with Gasteiger partial charge in [-0.2, -0.15) is 0 Å². The fourth-order valence-corrected chi connectivity index (χ4v) is 1.36. The molecule has 1 fully saturated rings. The molecule has 1 nitrogen and oxygen atoms in total. The Morgan fingerprint density at radius 3 is 2.58 bits per heavy atom. The summed E-state index contributed by atoms with van der Waals surface area (Å²) < 4.78 is 0. The van der Waals surface area contributed by atoms with E-state index in [4.69, 9.17) is 0 Å². The second-order valence-electron chi connectivity index (χ2n) is 3.72. The molecule has 0 aromatic heterocycles. The first-order valence-electron chi connectivity index (χ1n) is 5.28. The smallest absolute Gasteiger partial charge is 0.00682 e. The van der Waals surface area contributed by atoms with Crippen molar-refractivity contribution in [2.75, 3.05) is 6.54 Å². The Morgan fingerprint density at radius 2 is 1.92 bits per heavy atom. The van der Waals surface area contributed by atoms with Crippen LogP contribution in [0.3, 0.4) is 0 Å². The van der Waals surface area contributed by atoms with Crippen molar-refractivity contribution in [1.29, 1.82) is 0 Å². The molecule has 0 aromatic rings. The number of hydrogen-bond donors (Lipinski definition) is 1. The molecular weight excluding hydrogens is 146 g/mol. The monoisotopic (exact) mass is 167 g/mol. The molecule has 1 N–H and O–H groups in total. The van der Waals surface area contributed by atoms with Gasteiger partial charge in [-0.15, -0.1) is 6.58 Å². The average Bonchev–Trinajstić information content (AvgIpc) is 2.87. The summed E-state index contributed by atoms with van der Waals surface area (Å²) in [7, 11) is 0. The minimum atomic E-state index is 0.887. The lowest BCUT2D eigenvalue weighted by Crippen LogP contribution is -2.17. The van der Waals surface area contributed by atoms with Gasteiger partial charge in [0.25, 0.3) is 0 Å². The zero-order valence-corrected chi connectivity index (χ0v) is 8.02. The van der Waals surface area contributed by atoms with Crippen LogP contribution in [0.15, 0.2) is 12.7 Å². The summed E-state index contributed by atoms with van der Waals surface area (Å²) in [6.45, 7) is 4.95. The van der Waals surface area contributed by atoms with Crippen molar-refractivity contribution in [1.82, 2.24) is 5.32 Å². The van der Waals surface area contributed by atoms with Crippen LogP contribution in [0.2, 0.25) is 0 Å². The van der Waals surface area contributed by atoms with Crippen LogP contribution in [0.1, 0.15) is 44.9 Å². The Hall–Kier alpha value is -0.300. The summed E-state index contributed by atoms with van der Waals surface area (Å²) in [5.41, 5.74) is 0. The van der Waals surface area contributed by atoms with Crippen LogP contribution in [0.25, 0.3) is 0 Å². The molecular formula is C11H21N. The molecule has 0 amide bonds. The highest BCUT2D eigenvalue weighted by atomic mass is 14.9. The first kappa shape index (κ1) is 9.79. The summed E-state index contributed by atoms with van der Waals surface area (Å²) >= 11 is 0. The van der Waals surface area contributed by atoms with Gasteiger partial charge in [0.1, 0.15) is 0 Å². The molecule has 0 aliphatic heterocycles. The van der Waals surface area contributed by atoms with E-state index >= 15 is 0 Å². The minimum absolute atomic E-state index is 0.887. The highest BCUT2D eigenvalue weighted by molar-refractivity contribution is 4.80. The summed E-state index contributed by atoms with van der Waals surface area (Å²) in [5, 5.41) is 3.53. The van der Waals surface area contributed by atoms with E-state index in [9.17, 15) is 0 Å². The van der Waals surface area contributed by atoms with Crippen LogP contribution in [0, 0.1) is 0 Å². The largest absolute Gasteiger partial charge is 0.314 e. The van der Waals surface area contributed by atoms with Crippen molar-refractivity contribution in [3.63, 3.8) is 0 Å². The van der Waals surface area contributed by atoms with E-state index in [-0.39, 0.29) is 0 Å². The van der Waals surface area contributed by atoms with E-state index in [2.05, 4.69) is 11.9 Å². The molecule has 0 aromatic carbocycles. The van der Waals surface area contributed by atoms with E-state index in [1.165, 1.54) is 51.5 Å². The van der Waals surface area contributed by atoms with E-state index in [0.717, 1.165) is 6.04 Å². The molecule has 70 valence electrons. The zero-order valence-electron chi connectivity index (χ0n) is 8.02. The number of allylic oxidation sites excluding steroid dienone is 1. The van der Waals surface area contributed by atoms with Gasteiger partial charge in [-0.3, -0.25) is 0 Å². The molecule has 1 rings (SSSR count). The van der Waals surface area contributed by atoms with Gasteiger partial charge in [-0.1, -0.05) is 18.9 Å². The van der Waals surface area contributed by atoms with Crippen molar-refractivity contribution in [3.8, 4) is 0 Å². The standard InChI is InChI=1S/C11H21N/c1-2-3-4-5-6-7-10-12-11-8-9-11/h2,11-12H,1,3-10H2. The third-order valence-electron chi connectivity index (χ3n) is 2.35. The van der Waals surface area contributed by atoms with E-state index < -0.39 is 0 Å². The normalized spacial score (nSPS) is 16.3. The van der Waals surface area contributed by atoms with E-state index in [1.54, 1.807) is 0 Å². The van der Waals surface area contributed by atoms with Gasteiger partial charge < -0.3 is 5.32 Å². The maximum Gasteiger partial charge on any atom is 0.00682 e. The molecule has 1 aliphatic rings. The SMILES string of the molecule is C=CCCCCCCNC1CC1. The highest BCUT2D eigenvalue weighted by Gasteiger charge is 2.19. The van der Waals surface area contributed by atoms with Crippen LogP contribution in [0.4, 0.5) is 0 Å². The van der Waals surface area contributed by atoms with Crippen molar-refractivity contribution in [3.05, 3.63) is 12.7 Å². The Balaban J connectivity index is 1.67. The number of hydrogen-bond acceptors (Lipinski definition) is 1. The molecule has 1 saturated carbocycles. The molecule has 0 saturated heterocycles. The maximum atomic E-state index is 3.71. The van der Waals surface area contributed by atoms with Gasteiger partial charge in [0, 0.05) is 6.04 Å². The third-order valence-corrected chi connectivity index (χ3v) is 2.35. The molecule has 0 heterocycles. The lowest BCUT2D eigenvalue weighted by Gasteiger charge is -2.01. The average molecular weight is 167 g/mol. The van der Waals surface area contributed by atoms with E-state index in [1.807, 2.05) is 6.08 Å². The fourth-order valence-electron chi connectivity index (χ4n) is 1.36. The first-order valence-corrected chi connectivity index (χ1v) is 5.28. The summed E-state index contributed by atoms with van der Waals surface area (Å²) in [6, 6.07) is 0.887. The first-order chi connectivity index (χ1) is 5.93. The lowest BCUT2D eigenvalue weighted by atomic mass is 10.1. The number of nitrogens with one attached hydrogen (secondary N) is 1. The van der Waals surface area contributed by atoms with Gasteiger partial charge in [0.15, 0.2) is 0 Å².